The highest BCUT2D eigenvalue weighted by molar-refractivity contribution is 7.10. The summed E-state index contributed by atoms with van der Waals surface area (Å²) >= 11 is 1.47. The van der Waals surface area contributed by atoms with Crippen molar-refractivity contribution < 1.29 is 14.4 Å². The Labute approximate surface area is 144 Å². The van der Waals surface area contributed by atoms with Gasteiger partial charge in [0.25, 0.3) is 5.91 Å². The van der Waals surface area contributed by atoms with Gasteiger partial charge < -0.3 is 14.5 Å². The number of aryl methyl sites for hydroxylation is 1. The van der Waals surface area contributed by atoms with Crippen LogP contribution in [-0.2, 0) is 6.54 Å². The van der Waals surface area contributed by atoms with Gasteiger partial charge in [-0.25, -0.2) is 0 Å². The summed E-state index contributed by atoms with van der Waals surface area (Å²) < 4.78 is 5.01. The summed E-state index contributed by atoms with van der Waals surface area (Å²) in [6.07, 6.45) is -0.731. The number of aromatic nitrogens is 1. The van der Waals surface area contributed by atoms with E-state index < -0.39 is 6.10 Å². The Hall–Kier alpha value is -2.44. The van der Waals surface area contributed by atoms with Crippen LogP contribution >= 0.6 is 11.3 Å². The Kier molecular flexibility index (Phi) is 5.08. The minimum Gasteiger partial charge on any atom is -0.386 e. The van der Waals surface area contributed by atoms with E-state index in [4.69, 9.17) is 4.52 Å². The molecule has 0 aliphatic carbocycles. The summed E-state index contributed by atoms with van der Waals surface area (Å²) in [7, 11) is 0. The van der Waals surface area contributed by atoms with E-state index in [0.29, 0.717) is 12.3 Å². The predicted octanol–water partition coefficient (Wildman–Crippen LogP) is 3.42. The lowest BCUT2D eigenvalue weighted by atomic mass is 10.2. The molecule has 3 aromatic rings. The molecule has 0 bridgehead atoms. The molecule has 1 aromatic carbocycles. The third-order valence-corrected chi connectivity index (χ3v) is 4.59. The van der Waals surface area contributed by atoms with Crippen LogP contribution in [0.2, 0.25) is 0 Å². The lowest BCUT2D eigenvalue weighted by Gasteiger charge is -2.24. The number of hydrogen-bond donors (Lipinski definition) is 1. The second kappa shape index (κ2) is 7.42. The van der Waals surface area contributed by atoms with Crippen LogP contribution in [0.15, 0.2) is 58.4 Å². The predicted molar refractivity (Wildman–Crippen MR) is 91.7 cm³/mol. The third-order valence-electron chi connectivity index (χ3n) is 3.62. The number of aliphatic hydroxyl groups excluding tert-OH is 1. The van der Waals surface area contributed by atoms with Gasteiger partial charge in [-0.3, -0.25) is 4.79 Å². The molecule has 0 saturated heterocycles. The van der Waals surface area contributed by atoms with E-state index in [2.05, 4.69) is 5.16 Å². The molecular formula is C18H18N2O3S. The molecule has 5 nitrogen and oxygen atoms in total. The van der Waals surface area contributed by atoms with E-state index in [-0.39, 0.29) is 18.1 Å². The molecule has 0 unspecified atom stereocenters. The first kappa shape index (κ1) is 16.4. The molecule has 1 atom stereocenters. The molecule has 2 aromatic heterocycles. The third kappa shape index (κ3) is 3.90. The van der Waals surface area contributed by atoms with E-state index in [1.165, 1.54) is 11.3 Å². The monoisotopic (exact) mass is 342 g/mol. The van der Waals surface area contributed by atoms with Crippen LogP contribution in [0.4, 0.5) is 0 Å². The van der Waals surface area contributed by atoms with Crippen LogP contribution < -0.4 is 0 Å². The number of carbonyl (C=O) groups is 1. The van der Waals surface area contributed by atoms with Crippen LogP contribution in [0.3, 0.4) is 0 Å². The summed E-state index contributed by atoms with van der Waals surface area (Å²) in [6.45, 7) is 2.33. The Morgan fingerprint density at radius 1 is 1.29 bits per heavy atom. The average Bonchev–Trinajstić information content (AvgIpc) is 3.26. The van der Waals surface area contributed by atoms with E-state index in [1.54, 1.807) is 17.9 Å². The summed E-state index contributed by atoms with van der Waals surface area (Å²) in [6, 6.07) is 15.0. The van der Waals surface area contributed by atoms with Crippen molar-refractivity contribution in [2.75, 3.05) is 6.54 Å². The van der Waals surface area contributed by atoms with Gasteiger partial charge in [0.2, 0.25) is 0 Å². The molecule has 3 rings (SSSR count). The highest BCUT2D eigenvalue weighted by Crippen LogP contribution is 2.21. The van der Waals surface area contributed by atoms with Gasteiger partial charge in [-0.2, -0.15) is 0 Å². The van der Waals surface area contributed by atoms with Crippen molar-refractivity contribution in [2.24, 2.45) is 0 Å². The van der Waals surface area contributed by atoms with Crippen LogP contribution in [0.1, 0.15) is 32.8 Å². The molecule has 0 radical (unpaired) electrons. The van der Waals surface area contributed by atoms with E-state index >= 15 is 0 Å². The minimum absolute atomic E-state index is 0.195. The molecule has 1 N–H and O–H groups in total. The van der Waals surface area contributed by atoms with E-state index in [9.17, 15) is 9.90 Å². The molecule has 0 aliphatic heterocycles. The van der Waals surface area contributed by atoms with E-state index in [0.717, 1.165) is 10.4 Å². The second-order valence-corrected chi connectivity index (χ2v) is 6.50. The molecule has 124 valence electrons. The van der Waals surface area contributed by atoms with Crippen molar-refractivity contribution in [1.29, 1.82) is 0 Å². The fourth-order valence-corrected chi connectivity index (χ4v) is 3.13. The molecule has 0 aliphatic rings. The smallest absolute Gasteiger partial charge is 0.276 e. The number of aliphatic hydroxyl groups is 1. The first-order valence-electron chi connectivity index (χ1n) is 7.61. The zero-order valence-electron chi connectivity index (χ0n) is 13.3. The number of carbonyl (C=O) groups excluding carboxylic acids is 1. The first-order chi connectivity index (χ1) is 11.6. The van der Waals surface area contributed by atoms with Crippen LogP contribution in [0.5, 0.6) is 0 Å². The second-order valence-electron chi connectivity index (χ2n) is 5.53. The summed E-state index contributed by atoms with van der Waals surface area (Å²) in [5.74, 6) is 0.322. The quantitative estimate of drug-likeness (QED) is 0.745. The number of amides is 1. The van der Waals surface area contributed by atoms with Gasteiger partial charge in [-0.15, -0.1) is 11.3 Å². The maximum Gasteiger partial charge on any atom is 0.276 e. The summed E-state index contributed by atoms with van der Waals surface area (Å²) in [5.41, 5.74) is 1.24. The van der Waals surface area contributed by atoms with E-state index in [1.807, 2.05) is 47.8 Å². The van der Waals surface area contributed by atoms with Crippen LogP contribution in [-0.4, -0.2) is 27.6 Å². The standard InChI is InChI=1S/C18H18N2O3S/c1-13-10-15(19-23-13)18(22)20(11-14-6-3-2-4-7-14)12-16(21)17-8-5-9-24-17/h2-10,16,21H,11-12H2,1H3/t16-/m1/s1. The molecule has 2 heterocycles. The van der Waals surface area contributed by atoms with Crippen molar-refractivity contribution in [3.05, 3.63) is 75.8 Å². The molecule has 6 heteroatoms. The average molecular weight is 342 g/mol. The minimum atomic E-state index is -0.731. The number of hydrogen-bond acceptors (Lipinski definition) is 5. The number of benzene rings is 1. The van der Waals surface area contributed by atoms with Crippen molar-refractivity contribution in [3.63, 3.8) is 0 Å². The Balaban J connectivity index is 1.81. The van der Waals surface area contributed by atoms with Crippen LogP contribution in [0.25, 0.3) is 0 Å². The van der Waals surface area contributed by atoms with Gasteiger partial charge in [0.1, 0.15) is 11.9 Å². The van der Waals surface area contributed by atoms with Gasteiger partial charge in [0.05, 0.1) is 6.54 Å². The molecule has 0 fully saturated rings. The number of rotatable bonds is 6. The van der Waals surface area contributed by atoms with Gasteiger partial charge in [-0.1, -0.05) is 41.6 Å². The first-order valence-corrected chi connectivity index (χ1v) is 8.49. The largest absolute Gasteiger partial charge is 0.386 e. The molecule has 0 spiro atoms. The maximum absolute atomic E-state index is 12.8. The SMILES string of the molecule is Cc1cc(C(=O)N(Cc2ccccc2)C[C@@H](O)c2cccs2)no1. The van der Waals surface area contributed by atoms with Crippen molar-refractivity contribution in [1.82, 2.24) is 10.1 Å². The van der Waals surface area contributed by atoms with Crippen molar-refractivity contribution in [3.8, 4) is 0 Å². The molecular weight excluding hydrogens is 324 g/mol. The normalized spacial score (nSPS) is 12.1. The van der Waals surface area contributed by atoms with Gasteiger partial charge in [0.15, 0.2) is 5.69 Å². The van der Waals surface area contributed by atoms with Crippen molar-refractivity contribution in [2.45, 2.75) is 19.6 Å². The number of nitrogens with zero attached hydrogens (tertiary/aromatic N) is 2. The zero-order chi connectivity index (χ0) is 16.9. The Morgan fingerprint density at radius 3 is 2.71 bits per heavy atom. The van der Waals surface area contributed by atoms with Gasteiger partial charge >= 0.3 is 0 Å². The lowest BCUT2D eigenvalue weighted by molar-refractivity contribution is 0.0599. The molecule has 1 amide bonds. The van der Waals surface area contributed by atoms with Crippen LogP contribution in [0, 0.1) is 6.92 Å². The summed E-state index contributed by atoms with van der Waals surface area (Å²) in [5, 5.41) is 16.1. The van der Waals surface area contributed by atoms with Gasteiger partial charge in [-0.05, 0) is 23.9 Å². The molecule has 24 heavy (non-hydrogen) atoms. The highest BCUT2D eigenvalue weighted by Gasteiger charge is 2.23. The lowest BCUT2D eigenvalue weighted by Crippen LogP contribution is -2.34. The maximum atomic E-state index is 12.8. The van der Waals surface area contributed by atoms with Gasteiger partial charge in [0, 0.05) is 17.5 Å². The number of thiophene rings is 1. The fourth-order valence-electron chi connectivity index (χ4n) is 2.43. The highest BCUT2D eigenvalue weighted by atomic mass is 32.1. The molecule has 0 saturated carbocycles. The topological polar surface area (TPSA) is 66.6 Å². The summed E-state index contributed by atoms with van der Waals surface area (Å²) in [4.78, 5) is 15.2. The van der Waals surface area contributed by atoms with Crippen molar-refractivity contribution >= 4 is 17.2 Å². The Bertz CT molecular complexity index is 784. The fraction of sp³-hybridized carbons (Fsp3) is 0.222. The zero-order valence-corrected chi connectivity index (χ0v) is 14.1. The Morgan fingerprint density at radius 2 is 2.08 bits per heavy atom.